The van der Waals surface area contributed by atoms with Crippen molar-refractivity contribution in [2.24, 2.45) is 5.41 Å². The van der Waals surface area contributed by atoms with Gasteiger partial charge in [-0.3, -0.25) is 4.79 Å². The number of hydrogen-bond donors (Lipinski definition) is 2. The molecular weight excluding hydrogens is 218 g/mol. The summed E-state index contributed by atoms with van der Waals surface area (Å²) in [6, 6.07) is 5.03. The Morgan fingerprint density at radius 2 is 2.06 bits per heavy atom. The Balaban J connectivity index is 1.99. The normalized spacial score (nSPS) is 21.5. The van der Waals surface area contributed by atoms with Gasteiger partial charge in [-0.25, -0.2) is 0 Å². The van der Waals surface area contributed by atoms with Crippen LogP contribution in [0.3, 0.4) is 0 Å². The molecule has 1 aliphatic carbocycles. The SMILES string of the molecule is O=C1Nc2c(O)cccc2OCC12CCCC2. The van der Waals surface area contributed by atoms with Crippen LogP contribution in [0.15, 0.2) is 18.2 Å². The molecule has 0 bridgehead atoms. The van der Waals surface area contributed by atoms with Crippen molar-refractivity contribution in [2.45, 2.75) is 25.7 Å². The highest BCUT2D eigenvalue weighted by Gasteiger charge is 2.44. The third kappa shape index (κ3) is 1.55. The molecule has 0 atom stereocenters. The van der Waals surface area contributed by atoms with E-state index in [4.69, 9.17) is 4.74 Å². The molecule has 4 heteroatoms. The average molecular weight is 233 g/mol. The maximum Gasteiger partial charge on any atom is 0.234 e. The van der Waals surface area contributed by atoms with Gasteiger partial charge in [0.25, 0.3) is 0 Å². The topological polar surface area (TPSA) is 58.6 Å². The lowest BCUT2D eigenvalue weighted by Crippen LogP contribution is -2.37. The van der Waals surface area contributed by atoms with Crippen LogP contribution >= 0.6 is 0 Å². The van der Waals surface area contributed by atoms with Gasteiger partial charge >= 0.3 is 0 Å². The second kappa shape index (κ2) is 3.65. The van der Waals surface area contributed by atoms with Crippen LogP contribution in [0.2, 0.25) is 0 Å². The fourth-order valence-electron chi connectivity index (χ4n) is 2.72. The van der Waals surface area contributed by atoms with Gasteiger partial charge in [0, 0.05) is 0 Å². The summed E-state index contributed by atoms with van der Waals surface area (Å²) < 4.78 is 5.69. The van der Waals surface area contributed by atoms with Crippen LogP contribution in [0.25, 0.3) is 0 Å². The Morgan fingerprint density at radius 3 is 2.82 bits per heavy atom. The third-order valence-electron chi connectivity index (χ3n) is 3.79. The van der Waals surface area contributed by atoms with Gasteiger partial charge in [-0.1, -0.05) is 18.9 Å². The summed E-state index contributed by atoms with van der Waals surface area (Å²) in [6.07, 6.45) is 3.87. The number of phenolic OH excluding ortho intramolecular Hbond substituents is 1. The molecule has 1 heterocycles. The first kappa shape index (κ1) is 10.4. The number of fused-ring (bicyclic) bond motifs is 1. The molecule has 4 nitrogen and oxygen atoms in total. The summed E-state index contributed by atoms with van der Waals surface area (Å²) in [4.78, 5) is 12.3. The second-order valence-corrected chi connectivity index (χ2v) is 4.88. The number of benzene rings is 1. The minimum absolute atomic E-state index is 0.0183. The van der Waals surface area contributed by atoms with Gasteiger partial charge in [0.1, 0.15) is 23.8 Å². The van der Waals surface area contributed by atoms with E-state index in [2.05, 4.69) is 5.32 Å². The lowest BCUT2D eigenvalue weighted by Gasteiger charge is -2.23. The summed E-state index contributed by atoms with van der Waals surface area (Å²) in [5.74, 6) is 0.600. The van der Waals surface area contributed by atoms with Gasteiger partial charge in [0.15, 0.2) is 0 Å². The highest BCUT2D eigenvalue weighted by molar-refractivity contribution is 5.99. The van der Waals surface area contributed by atoms with Gasteiger partial charge < -0.3 is 15.2 Å². The first-order valence-electron chi connectivity index (χ1n) is 5.98. The number of nitrogens with one attached hydrogen (secondary N) is 1. The molecule has 2 aliphatic rings. The van der Waals surface area contributed by atoms with E-state index in [0.717, 1.165) is 25.7 Å². The Hall–Kier alpha value is -1.71. The minimum Gasteiger partial charge on any atom is -0.506 e. The number of anilines is 1. The summed E-state index contributed by atoms with van der Waals surface area (Å²) >= 11 is 0. The maximum atomic E-state index is 12.3. The van der Waals surface area contributed by atoms with E-state index in [0.29, 0.717) is 18.0 Å². The molecule has 1 aliphatic heterocycles. The number of amides is 1. The van der Waals surface area contributed by atoms with Crippen molar-refractivity contribution in [3.05, 3.63) is 18.2 Å². The maximum absolute atomic E-state index is 12.3. The summed E-state index contributed by atoms with van der Waals surface area (Å²) in [5.41, 5.74) is 0.00660. The molecule has 3 rings (SSSR count). The largest absolute Gasteiger partial charge is 0.506 e. The highest BCUT2D eigenvalue weighted by Crippen LogP contribution is 2.44. The number of para-hydroxylation sites is 1. The van der Waals surface area contributed by atoms with Crippen molar-refractivity contribution in [3.63, 3.8) is 0 Å². The monoisotopic (exact) mass is 233 g/mol. The van der Waals surface area contributed by atoms with Gasteiger partial charge in [-0.15, -0.1) is 0 Å². The van der Waals surface area contributed by atoms with Crippen molar-refractivity contribution in [1.82, 2.24) is 0 Å². The first-order valence-corrected chi connectivity index (χ1v) is 5.98. The molecule has 0 aromatic heterocycles. The van der Waals surface area contributed by atoms with Gasteiger partial charge in [-0.2, -0.15) is 0 Å². The summed E-state index contributed by atoms with van der Waals surface area (Å²) in [6.45, 7) is 0.412. The van der Waals surface area contributed by atoms with Crippen LogP contribution in [-0.4, -0.2) is 17.6 Å². The number of ether oxygens (including phenoxy) is 1. The molecule has 0 saturated heterocycles. The van der Waals surface area contributed by atoms with Crippen LogP contribution in [0.5, 0.6) is 11.5 Å². The van der Waals surface area contributed by atoms with Crippen LogP contribution < -0.4 is 10.1 Å². The molecule has 1 aromatic carbocycles. The molecule has 1 spiro atoms. The molecule has 1 fully saturated rings. The van der Waals surface area contributed by atoms with E-state index in [1.165, 1.54) is 0 Å². The third-order valence-corrected chi connectivity index (χ3v) is 3.79. The van der Waals surface area contributed by atoms with Crippen molar-refractivity contribution >= 4 is 11.6 Å². The standard InChI is InChI=1S/C13H15NO3/c15-9-4-3-5-10-11(9)14-12(16)13(8-17-10)6-1-2-7-13/h3-5,15H,1-2,6-8H2,(H,14,16). The lowest BCUT2D eigenvalue weighted by molar-refractivity contribution is -0.126. The molecule has 0 unspecified atom stereocenters. The van der Waals surface area contributed by atoms with E-state index in [9.17, 15) is 9.90 Å². The Labute approximate surface area is 99.6 Å². The zero-order chi connectivity index (χ0) is 11.9. The van der Waals surface area contributed by atoms with Crippen molar-refractivity contribution < 1.29 is 14.6 Å². The van der Waals surface area contributed by atoms with E-state index in [-0.39, 0.29) is 11.7 Å². The number of carbonyl (C=O) groups excluding carboxylic acids is 1. The molecule has 1 aromatic rings. The zero-order valence-electron chi connectivity index (χ0n) is 9.53. The van der Waals surface area contributed by atoms with Crippen molar-refractivity contribution in [3.8, 4) is 11.5 Å². The van der Waals surface area contributed by atoms with Gasteiger partial charge in [0.2, 0.25) is 5.91 Å². The predicted octanol–water partition coefficient (Wildman–Crippen LogP) is 2.28. The number of carbonyl (C=O) groups is 1. The van der Waals surface area contributed by atoms with Crippen molar-refractivity contribution in [2.75, 3.05) is 11.9 Å². The van der Waals surface area contributed by atoms with E-state index in [1.54, 1.807) is 18.2 Å². The smallest absolute Gasteiger partial charge is 0.234 e. The summed E-state index contributed by atoms with van der Waals surface area (Å²) in [5, 5.41) is 12.5. The first-order chi connectivity index (χ1) is 8.21. The zero-order valence-corrected chi connectivity index (χ0v) is 9.53. The van der Waals surface area contributed by atoms with Crippen LogP contribution in [0.4, 0.5) is 5.69 Å². The van der Waals surface area contributed by atoms with Crippen LogP contribution in [0, 0.1) is 5.41 Å². The minimum atomic E-state index is -0.397. The molecular formula is C13H15NO3. The molecule has 2 N–H and O–H groups in total. The van der Waals surface area contributed by atoms with E-state index < -0.39 is 5.41 Å². The second-order valence-electron chi connectivity index (χ2n) is 4.88. The number of hydrogen-bond acceptors (Lipinski definition) is 3. The number of phenols is 1. The molecule has 1 amide bonds. The fourth-order valence-corrected chi connectivity index (χ4v) is 2.72. The van der Waals surface area contributed by atoms with Crippen LogP contribution in [0.1, 0.15) is 25.7 Å². The molecule has 17 heavy (non-hydrogen) atoms. The van der Waals surface area contributed by atoms with Gasteiger partial charge in [-0.05, 0) is 25.0 Å². The Morgan fingerprint density at radius 1 is 1.29 bits per heavy atom. The van der Waals surface area contributed by atoms with Crippen molar-refractivity contribution in [1.29, 1.82) is 0 Å². The average Bonchev–Trinajstić information content (AvgIpc) is 2.74. The quantitative estimate of drug-likeness (QED) is 0.676. The summed E-state index contributed by atoms with van der Waals surface area (Å²) in [7, 11) is 0. The highest BCUT2D eigenvalue weighted by atomic mass is 16.5. The number of rotatable bonds is 0. The Kier molecular flexibility index (Phi) is 2.24. The fraction of sp³-hybridized carbons (Fsp3) is 0.462. The van der Waals surface area contributed by atoms with E-state index in [1.807, 2.05) is 0 Å². The van der Waals surface area contributed by atoms with E-state index >= 15 is 0 Å². The molecule has 90 valence electrons. The van der Waals surface area contributed by atoms with Crippen LogP contribution in [-0.2, 0) is 4.79 Å². The van der Waals surface area contributed by atoms with Gasteiger partial charge in [0.05, 0.1) is 5.41 Å². The number of aromatic hydroxyl groups is 1. The Bertz CT molecular complexity index is 464. The molecule has 1 saturated carbocycles. The lowest BCUT2D eigenvalue weighted by atomic mass is 9.86. The molecule has 0 radical (unpaired) electrons. The predicted molar refractivity (Wildman–Crippen MR) is 63.1 cm³/mol.